The molecule has 1 heterocycles. The third-order valence-corrected chi connectivity index (χ3v) is 2.98. The van der Waals surface area contributed by atoms with Crippen LogP contribution in [0.15, 0.2) is 27.6 Å². The topological polar surface area (TPSA) is 41.1 Å². The van der Waals surface area contributed by atoms with Gasteiger partial charge in [-0.1, -0.05) is 6.07 Å². The maximum absolute atomic E-state index is 10.9. The molecule has 0 saturated carbocycles. The predicted molar refractivity (Wildman–Crippen MR) is 52.2 cm³/mol. The van der Waals surface area contributed by atoms with Crippen molar-refractivity contribution in [3.63, 3.8) is 0 Å². The van der Waals surface area contributed by atoms with Gasteiger partial charge < -0.3 is 5.32 Å². The third-order valence-electron chi connectivity index (χ3n) is 1.47. The van der Waals surface area contributed by atoms with Gasteiger partial charge in [-0.3, -0.25) is 4.72 Å². The van der Waals surface area contributed by atoms with E-state index in [9.17, 15) is 4.79 Å². The number of anilines is 1. The molecule has 0 aliphatic carbocycles. The van der Waals surface area contributed by atoms with Crippen LogP contribution in [-0.4, -0.2) is 6.03 Å². The summed E-state index contributed by atoms with van der Waals surface area (Å²) in [6.45, 7) is 0. The molecule has 0 bridgehead atoms. The molecule has 2 rings (SSSR count). The summed E-state index contributed by atoms with van der Waals surface area (Å²) in [6.07, 6.45) is 0. The van der Waals surface area contributed by atoms with Crippen LogP contribution in [0, 0.1) is 0 Å². The molecule has 0 radical (unpaired) electrons. The first-order valence-electron chi connectivity index (χ1n) is 3.30. The molecular formula is C7H5BrN2OS. The summed E-state index contributed by atoms with van der Waals surface area (Å²) < 4.78 is 3.52. The Balaban J connectivity index is 2.50. The van der Waals surface area contributed by atoms with E-state index in [1.54, 1.807) is 0 Å². The van der Waals surface area contributed by atoms with E-state index in [2.05, 4.69) is 26.0 Å². The summed E-state index contributed by atoms with van der Waals surface area (Å²) in [5, 5.41) is 2.71. The van der Waals surface area contributed by atoms with Crippen LogP contribution in [0.25, 0.3) is 0 Å². The van der Waals surface area contributed by atoms with Crippen molar-refractivity contribution in [1.82, 2.24) is 4.72 Å². The normalized spacial score (nSPS) is 14.6. The Bertz CT molecular complexity index is 342. The van der Waals surface area contributed by atoms with E-state index in [4.69, 9.17) is 0 Å². The molecule has 0 spiro atoms. The van der Waals surface area contributed by atoms with E-state index >= 15 is 0 Å². The quantitative estimate of drug-likeness (QED) is 0.690. The van der Waals surface area contributed by atoms with Gasteiger partial charge in [-0.15, -0.1) is 0 Å². The molecule has 1 aliphatic heterocycles. The average molecular weight is 245 g/mol. The fourth-order valence-electron chi connectivity index (χ4n) is 0.951. The molecule has 12 heavy (non-hydrogen) atoms. The van der Waals surface area contributed by atoms with Gasteiger partial charge in [0.2, 0.25) is 0 Å². The predicted octanol–water partition coefficient (Wildman–Crippen LogP) is 2.59. The molecule has 0 aromatic heterocycles. The van der Waals surface area contributed by atoms with Crippen LogP contribution >= 0.6 is 27.9 Å². The van der Waals surface area contributed by atoms with Crippen molar-refractivity contribution in [2.75, 3.05) is 5.32 Å². The number of nitrogens with one attached hydrogen (secondary N) is 2. The van der Waals surface area contributed by atoms with Crippen molar-refractivity contribution >= 4 is 39.6 Å². The van der Waals surface area contributed by atoms with Crippen molar-refractivity contribution in [3.05, 3.63) is 22.7 Å². The molecule has 3 nitrogen and oxygen atoms in total. The standard InChI is InChI=1S/C7H5BrN2OS/c8-4-2-1-3-5-6(4)9-7(11)10-12-5/h1-3H,(H2,9,10,11). The monoisotopic (exact) mass is 244 g/mol. The highest BCUT2D eigenvalue weighted by Crippen LogP contribution is 2.34. The van der Waals surface area contributed by atoms with Crippen LogP contribution in [0.4, 0.5) is 10.5 Å². The number of urea groups is 1. The van der Waals surface area contributed by atoms with E-state index in [1.165, 1.54) is 11.9 Å². The van der Waals surface area contributed by atoms with E-state index < -0.39 is 0 Å². The van der Waals surface area contributed by atoms with Crippen LogP contribution in [-0.2, 0) is 0 Å². The molecule has 0 fully saturated rings. The maximum atomic E-state index is 10.9. The summed E-state index contributed by atoms with van der Waals surface area (Å²) in [5.41, 5.74) is 0.839. The number of para-hydroxylation sites is 1. The number of halogens is 1. The number of rotatable bonds is 0. The van der Waals surface area contributed by atoms with Gasteiger partial charge in [0.25, 0.3) is 0 Å². The first-order chi connectivity index (χ1) is 5.77. The minimum absolute atomic E-state index is 0.181. The van der Waals surface area contributed by atoms with Gasteiger partial charge >= 0.3 is 6.03 Å². The highest BCUT2D eigenvalue weighted by atomic mass is 79.9. The molecule has 2 N–H and O–H groups in total. The number of benzene rings is 1. The molecular weight excluding hydrogens is 240 g/mol. The largest absolute Gasteiger partial charge is 0.329 e. The first kappa shape index (κ1) is 7.94. The Kier molecular flexibility index (Phi) is 1.98. The number of carbonyl (C=O) groups excluding carboxylic acids is 1. The molecule has 0 saturated heterocycles. The maximum Gasteiger partial charge on any atom is 0.329 e. The van der Waals surface area contributed by atoms with E-state index in [0.29, 0.717) is 0 Å². The second kappa shape index (κ2) is 2.99. The molecule has 0 unspecified atom stereocenters. The Hall–Kier alpha value is -0.680. The van der Waals surface area contributed by atoms with Gasteiger partial charge in [-0.2, -0.15) is 0 Å². The minimum atomic E-state index is -0.181. The van der Waals surface area contributed by atoms with E-state index in [-0.39, 0.29) is 6.03 Å². The Morgan fingerprint density at radius 1 is 1.42 bits per heavy atom. The number of fused-ring (bicyclic) bond motifs is 1. The lowest BCUT2D eigenvalue weighted by Gasteiger charge is -2.17. The Labute approximate surface area is 82.2 Å². The van der Waals surface area contributed by atoms with Crippen molar-refractivity contribution in [2.45, 2.75) is 4.90 Å². The van der Waals surface area contributed by atoms with Gasteiger partial charge in [-0.25, -0.2) is 4.79 Å². The Morgan fingerprint density at radius 2 is 2.25 bits per heavy atom. The SMILES string of the molecule is O=C1NSc2cccc(Br)c2N1. The Morgan fingerprint density at radius 3 is 3.08 bits per heavy atom. The number of hydrogen-bond acceptors (Lipinski definition) is 2. The van der Waals surface area contributed by atoms with Gasteiger partial charge in [-0.05, 0) is 40.0 Å². The van der Waals surface area contributed by atoms with Gasteiger partial charge in [0.05, 0.1) is 10.6 Å². The van der Waals surface area contributed by atoms with Crippen molar-refractivity contribution < 1.29 is 4.79 Å². The second-order valence-electron chi connectivity index (χ2n) is 2.27. The third kappa shape index (κ3) is 1.30. The highest BCUT2D eigenvalue weighted by molar-refractivity contribution is 9.10. The molecule has 5 heteroatoms. The van der Waals surface area contributed by atoms with Gasteiger partial charge in [0.15, 0.2) is 0 Å². The van der Waals surface area contributed by atoms with Crippen molar-refractivity contribution in [2.24, 2.45) is 0 Å². The number of carbonyl (C=O) groups is 1. The zero-order valence-electron chi connectivity index (χ0n) is 5.93. The summed E-state index contributed by atoms with van der Waals surface area (Å²) in [6, 6.07) is 5.58. The van der Waals surface area contributed by atoms with E-state index in [1.807, 2.05) is 18.2 Å². The zero-order valence-corrected chi connectivity index (χ0v) is 8.33. The van der Waals surface area contributed by atoms with Crippen molar-refractivity contribution in [3.8, 4) is 0 Å². The fourth-order valence-corrected chi connectivity index (χ4v) is 2.21. The lowest BCUT2D eigenvalue weighted by atomic mass is 10.3. The first-order valence-corrected chi connectivity index (χ1v) is 4.90. The van der Waals surface area contributed by atoms with Crippen LogP contribution in [0.2, 0.25) is 0 Å². The smallest absolute Gasteiger partial charge is 0.305 e. The van der Waals surface area contributed by atoms with Gasteiger partial charge in [0, 0.05) is 4.47 Å². The number of hydrogen-bond donors (Lipinski definition) is 2. The molecule has 1 aromatic rings. The van der Waals surface area contributed by atoms with Crippen LogP contribution < -0.4 is 10.0 Å². The lowest BCUT2D eigenvalue weighted by Crippen LogP contribution is -2.27. The van der Waals surface area contributed by atoms with Crippen molar-refractivity contribution in [1.29, 1.82) is 0 Å². The molecule has 2 amide bonds. The zero-order chi connectivity index (χ0) is 8.55. The lowest BCUT2D eigenvalue weighted by molar-refractivity contribution is 0.257. The molecule has 1 aromatic carbocycles. The highest BCUT2D eigenvalue weighted by Gasteiger charge is 2.16. The summed E-state index contributed by atoms with van der Waals surface area (Å²) in [7, 11) is 0. The van der Waals surface area contributed by atoms with Gasteiger partial charge in [0.1, 0.15) is 0 Å². The summed E-state index contributed by atoms with van der Waals surface area (Å²) >= 11 is 4.67. The van der Waals surface area contributed by atoms with E-state index in [0.717, 1.165) is 15.1 Å². The average Bonchev–Trinajstić information content (AvgIpc) is 2.07. The number of amides is 2. The molecule has 62 valence electrons. The summed E-state index contributed by atoms with van der Waals surface area (Å²) in [4.78, 5) is 11.9. The second-order valence-corrected chi connectivity index (χ2v) is 3.97. The van der Waals surface area contributed by atoms with Crippen LogP contribution in [0.5, 0.6) is 0 Å². The summed E-state index contributed by atoms with van der Waals surface area (Å²) in [5.74, 6) is 0. The molecule has 0 atom stereocenters. The fraction of sp³-hybridized carbons (Fsp3) is 0. The minimum Gasteiger partial charge on any atom is -0.305 e. The van der Waals surface area contributed by atoms with Crippen LogP contribution in [0.3, 0.4) is 0 Å². The molecule has 1 aliphatic rings. The van der Waals surface area contributed by atoms with Crippen LogP contribution in [0.1, 0.15) is 0 Å².